The zero-order chi connectivity index (χ0) is 28.2. The summed E-state index contributed by atoms with van der Waals surface area (Å²) in [5.41, 5.74) is -6.51. The third kappa shape index (κ3) is 7.32. The summed E-state index contributed by atoms with van der Waals surface area (Å²) < 4.78 is 115. The summed E-state index contributed by atoms with van der Waals surface area (Å²) in [6.07, 6.45) is -16.3. The Labute approximate surface area is 204 Å². The van der Waals surface area contributed by atoms with Crippen molar-refractivity contribution in [3.63, 3.8) is 0 Å². The number of ether oxygens (including phenoxy) is 1. The van der Waals surface area contributed by atoms with Gasteiger partial charge in [-0.05, 0) is 6.92 Å². The van der Waals surface area contributed by atoms with Gasteiger partial charge >= 0.3 is 24.5 Å². The van der Waals surface area contributed by atoms with Gasteiger partial charge in [0.15, 0.2) is 0 Å². The molecule has 3 rings (SSSR count). The molecule has 2 atom stereocenters. The number of nitrogens with zero attached hydrogens (tertiary/aromatic N) is 4. The molecule has 0 radical (unpaired) electrons. The Hall–Kier alpha value is -2.44. The summed E-state index contributed by atoms with van der Waals surface area (Å²) in [6.45, 7) is 6.07. The van der Waals surface area contributed by atoms with Crippen LogP contribution in [0.4, 0.5) is 45.5 Å². The van der Waals surface area contributed by atoms with Gasteiger partial charge in [-0.2, -0.15) is 39.5 Å². The SMILES string of the molecule is C[C@@H]1COCCN1C[C@H]1CNCCN1c1ncc(C(O)(C(F)(F)F)C(F)(F)F)cn1.O=C(O)C(F)(F)F. The fourth-order valence-corrected chi connectivity index (χ4v) is 3.64. The molecular weight excluding hydrogens is 533 g/mol. The predicted molar refractivity (Wildman–Crippen MR) is 108 cm³/mol. The summed E-state index contributed by atoms with van der Waals surface area (Å²) >= 11 is 0. The maximum Gasteiger partial charge on any atom is 0.490 e. The molecule has 0 saturated carbocycles. The standard InChI is InChI=1S/C17H23F6N5O2.C2HF3O2/c1-11-10-30-5-4-27(11)9-13-8-24-2-3-28(13)14-25-6-12(7-26-14)15(29,16(18,19)20)17(21,22)23;3-2(4,5)1(6)7/h6-7,11,13,24,29H,2-5,8-10H2,1H3;(H,6,7)/t11-,13-;/m1./s1. The van der Waals surface area contributed by atoms with E-state index in [0.29, 0.717) is 51.8 Å². The number of carboxylic acids is 1. The zero-order valence-corrected chi connectivity index (χ0v) is 19.2. The average molecular weight is 557 g/mol. The molecule has 0 bridgehead atoms. The monoisotopic (exact) mass is 557 g/mol. The molecule has 2 aliphatic heterocycles. The number of hydrogen-bond donors (Lipinski definition) is 3. The number of aliphatic hydroxyl groups is 1. The number of rotatable bonds is 4. The van der Waals surface area contributed by atoms with Crippen molar-refractivity contribution in [1.82, 2.24) is 20.2 Å². The molecule has 0 unspecified atom stereocenters. The fourth-order valence-electron chi connectivity index (χ4n) is 3.64. The van der Waals surface area contributed by atoms with Crippen LogP contribution in [0.2, 0.25) is 0 Å². The molecule has 3 heterocycles. The van der Waals surface area contributed by atoms with Crippen molar-refractivity contribution < 1.29 is 59.3 Å². The molecule has 2 fully saturated rings. The van der Waals surface area contributed by atoms with Crippen molar-refractivity contribution in [2.45, 2.75) is 43.1 Å². The number of piperazine rings is 1. The van der Waals surface area contributed by atoms with E-state index in [1.165, 1.54) is 0 Å². The van der Waals surface area contributed by atoms with Gasteiger partial charge in [-0.15, -0.1) is 0 Å². The molecule has 1 aromatic rings. The predicted octanol–water partition coefficient (Wildman–Crippen LogP) is 1.92. The third-order valence-electron chi connectivity index (χ3n) is 5.68. The van der Waals surface area contributed by atoms with Gasteiger partial charge in [0.1, 0.15) is 0 Å². The van der Waals surface area contributed by atoms with Gasteiger partial charge in [0.05, 0.1) is 19.3 Å². The van der Waals surface area contributed by atoms with Crippen LogP contribution in [0, 0.1) is 0 Å². The fraction of sp³-hybridized carbons (Fsp3) is 0.737. The van der Waals surface area contributed by atoms with Gasteiger partial charge < -0.3 is 25.2 Å². The number of aromatic nitrogens is 2. The lowest BCUT2D eigenvalue weighted by Crippen LogP contribution is -2.59. The highest BCUT2D eigenvalue weighted by atomic mass is 19.4. The van der Waals surface area contributed by atoms with E-state index in [1.54, 1.807) is 4.90 Å². The van der Waals surface area contributed by atoms with Crippen LogP contribution in [0.5, 0.6) is 0 Å². The molecule has 212 valence electrons. The van der Waals surface area contributed by atoms with E-state index in [2.05, 4.69) is 20.2 Å². The van der Waals surface area contributed by atoms with Crippen molar-refractivity contribution in [3.8, 4) is 0 Å². The van der Waals surface area contributed by atoms with Crippen molar-refractivity contribution in [1.29, 1.82) is 0 Å². The van der Waals surface area contributed by atoms with Crippen molar-refractivity contribution >= 4 is 11.9 Å². The van der Waals surface area contributed by atoms with E-state index in [1.807, 2.05) is 6.92 Å². The molecule has 0 amide bonds. The first kappa shape index (κ1) is 30.8. The van der Waals surface area contributed by atoms with Crippen molar-refractivity contribution in [2.75, 3.05) is 50.8 Å². The lowest BCUT2D eigenvalue weighted by molar-refractivity contribution is -0.376. The quantitative estimate of drug-likeness (QED) is 0.479. The minimum absolute atomic E-state index is 0.0119. The molecule has 2 saturated heterocycles. The number of nitrogens with one attached hydrogen (secondary N) is 1. The topological polar surface area (TPSA) is 111 Å². The van der Waals surface area contributed by atoms with Gasteiger partial charge in [-0.25, -0.2) is 14.8 Å². The Morgan fingerprint density at radius 3 is 2.08 bits per heavy atom. The lowest BCUT2D eigenvalue weighted by Gasteiger charge is -2.42. The van der Waals surface area contributed by atoms with Crippen LogP contribution >= 0.6 is 0 Å². The molecule has 0 aliphatic carbocycles. The normalized spacial score (nSPS) is 22.3. The van der Waals surface area contributed by atoms with Gasteiger partial charge in [-0.3, -0.25) is 4.90 Å². The smallest absolute Gasteiger partial charge is 0.475 e. The van der Waals surface area contributed by atoms with E-state index in [0.717, 1.165) is 6.54 Å². The minimum atomic E-state index is -5.97. The van der Waals surface area contributed by atoms with E-state index in [4.69, 9.17) is 14.6 Å². The second-order valence-corrected chi connectivity index (χ2v) is 8.25. The van der Waals surface area contributed by atoms with Crippen LogP contribution in [0.1, 0.15) is 12.5 Å². The number of alkyl halides is 9. The van der Waals surface area contributed by atoms with Gasteiger partial charge in [-0.1, -0.05) is 0 Å². The van der Waals surface area contributed by atoms with E-state index in [-0.39, 0.29) is 18.0 Å². The van der Waals surface area contributed by atoms with Crippen molar-refractivity contribution in [2.24, 2.45) is 0 Å². The number of halogens is 9. The van der Waals surface area contributed by atoms with Crippen LogP contribution in [-0.2, 0) is 15.1 Å². The molecule has 3 N–H and O–H groups in total. The summed E-state index contributed by atoms with van der Waals surface area (Å²) in [7, 11) is 0. The first-order valence-electron chi connectivity index (χ1n) is 10.7. The Kier molecular flexibility index (Phi) is 9.59. The van der Waals surface area contributed by atoms with E-state index >= 15 is 0 Å². The Morgan fingerprint density at radius 2 is 1.62 bits per heavy atom. The first-order chi connectivity index (χ1) is 16.9. The number of anilines is 1. The van der Waals surface area contributed by atoms with Crippen LogP contribution < -0.4 is 10.2 Å². The number of hydrogen-bond acceptors (Lipinski definition) is 8. The molecule has 0 spiro atoms. The lowest BCUT2D eigenvalue weighted by atomic mass is 9.95. The largest absolute Gasteiger partial charge is 0.490 e. The summed E-state index contributed by atoms with van der Waals surface area (Å²) in [6, 6.07) is 0.0497. The van der Waals surface area contributed by atoms with Crippen LogP contribution in [0.3, 0.4) is 0 Å². The Morgan fingerprint density at radius 1 is 1.08 bits per heavy atom. The molecule has 1 aromatic heterocycles. The molecule has 2 aliphatic rings. The maximum absolute atomic E-state index is 13.0. The average Bonchev–Trinajstić information content (AvgIpc) is 2.79. The highest BCUT2D eigenvalue weighted by Gasteiger charge is 2.71. The van der Waals surface area contributed by atoms with Crippen molar-refractivity contribution in [3.05, 3.63) is 18.0 Å². The Bertz CT molecular complexity index is 882. The summed E-state index contributed by atoms with van der Waals surface area (Å²) in [5.74, 6) is -2.75. The van der Waals surface area contributed by atoms with E-state index < -0.39 is 35.7 Å². The highest BCUT2D eigenvalue weighted by Crippen LogP contribution is 2.49. The zero-order valence-electron chi connectivity index (χ0n) is 19.2. The van der Waals surface area contributed by atoms with Crippen LogP contribution in [0.15, 0.2) is 12.4 Å². The molecule has 9 nitrogen and oxygen atoms in total. The Balaban J connectivity index is 0.000000604. The molecule has 18 heteroatoms. The molecule has 37 heavy (non-hydrogen) atoms. The first-order valence-corrected chi connectivity index (χ1v) is 10.7. The van der Waals surface area contributed by atoms with Crippen LogP contribution in [0.25, 0.3) is 0 Å². The number of morpholine rings is 1. The maximum atomic E-state index is 13.0. The number of carbonyl (C=O) groups is 1. The van der Waals surface area contributed by atoms with E-state index in [9.17, 15) is 44.6 Å². The molecule has 0 aromatic carbocycles. The van der Waals surface area contributed by atoms with Gasteiger partial charge in [0, 0.05) is 56.7 Å². The highest BCUT2D eigenvalue weighted by molar-refractivity contribution is 5.73. The summed E-state index contributed by atoms with van der Waals surface area (Å²) in [4.78, 5) is 20.3. The minimum Gasteiger partial charge on any atom is -0.475 e. The van der Waals surface area contributed by atoms with Crippen LogP contribution in [-0.4, -0.2) is 108 Å². The number of carboxylic acid groups (broad SMARTS) is 1. The second-order valence-electron chi connectivity index (χ2n) is 8.25. The molecular formula is C19H24F9N5O4. The van der Waals surface area contributed by atoms with Gasteiger partial charge in [0.25, 0.3) is 5.60 Å². The second kappa shape index (κ2) is 11.5. The third-order valence-corrected chi connectivity index (χ3v) is 5.68. The van der Waals surface area contributed by atoms with Gasteiger partial charge in [0.2, 0.25) is 5.95 Å². The number of aliphatic carboxylic acids is 1. The summed E-state index contributed by atoms with van der Waals surface area (Å²) in [5, 5.41) is 19.8.